The summed E-state index contributed by atoms with van der Waals surface area (Å²) in [5.74, 6) is 1.32. The minimum Gasteiger partial charge on any atom is -0.508 e. The summed E-state index contributed by atoms with van der Waals surface area (Å²) in [5.41, 5.74) is 0.693. The maximum absolute atomic E-state index is 10.2. The van der Waals surface area contributed by atoms with Crippen molar-refractivity contribution in [2.24, 2.45) is 5.92 Å². The molecule has 4 nitrogen and oxygen atoms in total. The van der Waals surface area contributed by atoms with Crippen LogP contribution >= 0.6 is 0 Å². The molecule has 0 saturated carbocycles. The Labute approximate surface area is 106 Å². The Morgan fingerprint density at radius 1 is 1.17 bits per heavy atom. The number of hydrogen-bond acceptors (Lipinski definition) is 4. The zero-order valence-corrected chi connectivity index (χ0v) is 10.2. The van der Waals surface area contributed by atoms with Crippen LogP contribution in [0.15, 0.2) is 18.2 Å². The average molecular weight is 250 g/mol. The molecule has 2 heterocycles. The van der Waals surface area contributed by atoms with Gasteiger partial charge < -0.3 is 19.7 Å². The van der Waals surface area contributed by atoms with Gasteiger partial charge >= 0.3 is 0 Å². The first-order chi connectivity index (χ1) is 8.74. The van der Waals surface area contributed by atoms with E-state index < -0.39 is 6.10 Å². The van der Waals surface area contributed by atoms with E-state index in [1.807, 2.05) is 0 Å². The summed E-state index contributed by atoms with van der Waals surface area (Å²) in [6.45, 7) is 1.56. The molecule has 0 spiro atoms. The van der Waals surface area contributed by atoms with E-state index in [-0.39, 0.29) is 11.9 Å². The van der Waals surface area contributed by atoms with E-state index in [1.165, 1.54) is 0 Å². The number of aliphatic hydroxyl groups excluding tert-OH is 1. The molecular weight excluding hydrogens is 232 g/mol. The predicted octanol–water partition coefficient (Wildman–Crippen LogP) is 2.00. The topological polar surface area (TPSA) is 58.9 Å². The summed E-state index contributed by atoms with van der Waals surface area (Å²) in [7, 11) is 0. The van der Waals surface area contributed by atoms with E-state index in [0.29, 0.717) is 23.7 Å². The highest BCUT2D eigenvalue weighted by atomic mass is 16.5. The average Bonchev–Trinajstić information content (AvgIpc) is 2.40. The third-order valence-corrected chi connectivity index (χ3v) is 3.88. The first kappa shape index (κ1) is 11.8. The van der Waals surface area contributed by atoms with Gasteiger partial charge in [0.15, 0.2) is 0 Å². The highest BCUT2D eigenvalue weighted by molar-refractivity contribution is 5.42. The third kappa shape index (κ3) is 2.18. The summed E-state index contributed by atoms with van der Waals surface area (Å²) in [5, 5.41) is 19.6. The van der Waals surface area contributed by atoms with Crippen LogP contribution in [0.2, 0.25) is 0 Å². The van der Waals surface area contributed by atoms with Gasteiger partial charge in [0.05, 0.1) is 6.10 Å². The summed E-state index contributed by atoms with van der Waals surface area (Å²) < 4.78 is 11.3. The Morgan fingerprint density at radius 2 is 1.94 bits per heavy atom. The molecule has 1 aromatic rings. The Balaban J connectivity index is 1.80. The van der Waals surface area contributed by atoms with Crippen LogP contribution in [0.25, 0.3) is 0 Å². The molecule has 98 valence electrons. The van der Waals surface area contributed by atoms with Crippen molar-refractivity contribution < 1.29 is 19.7 Å². The number of aromatic hydroxyl groups is 1. The van der Waals surface area contributed by atoms with Gasteiger partial charge in [0.1, 0.15) is 17.6 Å². The fraction of sp³-hybridized carbons (Fsp3) is 0.571. The first-order valence-electron chi connectivity index (χ1n) is 6.49. The third-order valence-electron chi connectivity index (χ3n) is 3.88. The Hall–Kier alpha value is -1.26. The maximum atomic E-state index is 10.2. The lowest BCUT2D eigenvalue weighted by molar-refractivity contribution is -0.0151. The number of phenolic OH excluding ortho intramolecular Hbond substituents is 1. The van der Waals surface area contributed by atoms with Gasteiger partial charge in [0.2, 0.25) is 0 Å². The number of fused-ring (bicyclic) bond motifs is 1. The van der Waals surface area contributed by atoms with Crippen molar-refractivity contribution >= 4 is 0 Å². The fourth-order valence-corrected chi connectivity index (χ4v) is 2.84. The highest BCUT2D eigenvalue weighted by Crippen LogP contribution is 2.40. The molecule has 2 atom stereocenters. The summed E-state index contributed by atoms with van der Waals surface area (Å²) >= 11 is 0. The molecule has 0 bridgehead atoms. The van der Waals surface area contributed by atoms with E-state index in [1.54, 1.807) is 18.2 Å². The molecule has 1 saturated heterocycles. The number of rotatable bonds is 1. The molecule has 2 unspecified atom stereocenters. The van der Waals surface area contributed by atoms with E-state index in [9.17, 15) is 10.2 Å². The molecular formula is C14H18O4. The zero-order valence-electron chi connectivity index (χ0n) is 10.2. The molecule has 4 heteroatoms. The van der Waals surface area contributed by atoms with Crippen molar-refractivity contribution in [1.82, 2.24) is 0 Å². The van der Waals surface area contributed by atoms with Gasteiger partial charge in [0, 0.05) is 31.1 Å². The minimum absolute atomic E-state index is 0.0564. The SMILES string of the molecule is Oc1ccc2c(c1)C(O)CC(C1CCOCC1)O2. The van der Waals surface area contributed by atoms with Crippen LogP contribution < -0.4 is 4.74 Å². The van der Waals surface area contributed by atoms with Crippen LogP contribution in [-0.2, 0) is 4.74 Å². The normalized spacial score (nSPS) is 28.5. The van der Waals surface area contributed by atoms with Gasteiger partial charge in [-0.15, -0.1) is 0 Å². The number of ether oxygens (including phenoxy) is 2. The van der Waals surface area contributed by atoms with E-state index >= 15 is 0 Å². The number of aliphatic hydroxyl groups is 1. The second kappa shape index (κ2) is 4.78. The van der Waals surface area contributed by atoms with Gasteiger partial charge in [-0.2, -0.15) is 0 Å². The summed E-state index contributed by atoms with van der Waals surface area (Å²) in [6, 6.07) is 4.91. The van der Waals surface area contributed by atoms with E-state index in [2.05, 4.69) is 0 Å². The number of benzene rings is 1. The molecule has 1 fully saturated rings. The Morgan fingerprint density at radius 3 is 2.72 bits per heavy atom. The second-order valence-electron chi connectivity index (χ2n) is 5.08. The summed E-state index contributed by atoms with van der Waals surface area (Å²) in [4.78, 5) is 0. The molecule has 2 aliphatic heterocycles. The van der Waals surface area contributed by atoms with Gasteiger partial charge in [-0.05, 0) is 31.0 Å². The molecule has 1 aromatic carbocycles. The monoisotopic (exact) mass is 250 g/mol. The van der Waals surface area contributed by atoms with Crippen molar-refractivity contribution in [3.63, 3.8) is 0 Å². The zero-order chi connectivity index (χ0) is 12.5. The van der Waals surface area contributed by atoms with Crippen molar-refractivity contribution in [2.45, 2.75) is 31.5 Å². The lowest BCUT2D eigenvalue weighted by Gasteiger charge is -2.36. The first-order valence-corrected chi connectivity index (χ1v) is 6.49. The molecule has 18 heavy (non-hydrogen) atoms. The molecule has 0 radical (unpaired) electrons. The lowest BCUT2D eigenvalue weighted by Crippen LogP contribution is -2.36. The maximum Gasteiger partial charge on any atom is 0.125 e. The Kier molecular flexibility index (Phi) is 3.14. The second-order valence-corrected chi connectivity index (χ2v) is 5.08. The largest absolute Gasteiger partial charge is 0.508 e. The number of hydrogen-bond donors (Lipinski definition) is 2. The molecule has 0 aromatic heterocycles. The van der Waals surface area contributed by atoms with Crippen LogP contribution in [-0.4, -0.2) is 29.5 Å². The minimum atomic E-state index is -0.548. The fourth-order valence-electron chi connectivity index (χ4n) is 2.84. The van der Waals surface area contributed by atoms with Crippen LogP contribution in [0.5, 0.6) is 11.5 Å². The smallest absolute Gasteiger partial charge is 0.125 e. The van der Waals surface area contributed by atoms with Gasteiger partial charge in [-0.3, -0.25) is 0 Å². The van der Waals surface area contributed by atoms with Crippen molar-refractivity contribution in [1.29, 1.82) is 0 Å². The van der Waals surface area contributed by atoms with Gasteiger partial charge in [-0.1, -0.05) is 0 Å². The molecule has 0 amide bonds. The van der Waals surface area contributed by atoms with Crippen molar-refractivity contribution in [3.05, 3.63) is 23.8 Å². The molecule has 0 aliphatic carbocycles. The van der Waals surface area contributed by atoms with Crippen LogP contribution in [0.3, 0.4) is 0 Å². The van der Waals surface area contributed by atoms with Gasteiger partial charge in [0.25, 0.3) is 0 Å². The lowest BCUT2D eigenvalue weighted by atomic mass is 9.87. The molecule has 2 N–H and O–H groups in total. The van der Waals surface area contributed by atoms with Crippen molar-refractivity contribution in [3.8, 4) is 11.5 Å². The van der Waals surface area contributed by atoms with Crippen LogP contribution in [0.4, 0.5) is 0 Å². The van der Waals surface area contributed by atoms with E-state index in [0.717, 1.165) is 26.1 Å². The molecule has 3 rings (SSSR count). The number of phenols is 1. The van der Waals surface area contributed by atoms with Crippen LogP contribution in [0.1, 0.15) is 30.9 Å². The summed E-state index contributed by atoms with van der Waals surface area (Å²) in [6.07, 6.45) is 2.09. The van der Waals surface area contributed by atoms with Crippen LogP contribution in [0, 0.1) is 5.92 Å². The van der Waals surface area contributed by atoms with Gasteiger partial charge in [-0.25, -0.2) is 0 Å². The van der Waals surface area contributed by atoms with E-state index in [4.69, 9.17) is 9.47 Å². The standard InChI is InChI=1S/C14H18O4/c15-10-1-2-13-11(7-10)12(16)8-14(18-13)9-3-5-17-6-4-9/h1-2,7,9,12,14-16H,3-6,8H2. The molecule has 2 aliphatic rings. The van der Waals surface area contributed by atoms with Crippen molar-refractivity contribution in [2.75, 3.05) is 13.2 Å². The quantitative estimate of drug-likeness (QED) is 0.800. The predicted molar refractivity (Wildman–Crippen MR) is 65.6 cm³/mol. The highest BCUT2D eigenvalue weighted by Gasteiger charge is 2.33. The Bertz CT molecular complexity index is 426.